The molecule has 0 fully saturated rings. The minimum Gasteiger partial charge on any atom is -0.480 e. The molecule has 2 N–H and O–H groups in total. The zero-order valence-electron chi connectivity index (χ0n) is 11.5. The molecule has 0 aromatic heterocycles. The van der Waals surface area contributed by atoms with E-state index in [2.05, 4.69) is 11.9 Å². The van der Waals surface area contributed by atoms with Crippen LogP contribution in [0.1, 0.15) is 27.7 Å². The van der Waals surface area contributed by atoms with E-state index in [0.717, 1.165) is 0 Å². The number of carbonyl (C=O) groups excluding carboxylic acids is 1. The van der Waals surface area contributed by atoms with Gasteiger partial charge in [-0.3, -0.25) is 4.79 Å². The fourth-order valence-electron chi connectivity index (χ4n) is 1.13. The Hall–Kier alpha value is -1.36. The zero-order valence-corrected chi connectivity index (χ0v) is 11.5. The van der Waals surface area contributed by atoms with Crippen LogP contribution < -0.4 is 5.32 Å². The number of amides is 1. The summed E-state index contributed by atoms with van der Waals surface area (Å²) in [6.07, 6.45) is 1.53. The summed E-state index contributed by atoms with van der Waals surface area (Å²) in [5, 5.41) is 11.5. The summed E-state index contributed by atoms with van der Waals surface area (Å²) >= 11 is 0. The van der Waals surface area contributed by atoms with Gasteiger partial charge in [0.15, 0.2) is 6.04 Å². The highest BCUT2D eigenvalue weighted by atomic mass is 16.5. The van der Waals surface area contributed by atoms with Gasteiger partial charge >= 0.3 is 5.97 Å². The first kappa shape index (κ1) is 16.6. The van der Waals surface area contributed by atoms with Crippen molar-refractivity contribution in [3.05, 3.63) is 12.7 Å². The predicted octanol–water partition coefficient (Wildman–Crippen LogP) is 1.44. The van der Waals surface area contributed by atoms with E-state index in [0.29, 0.717) is 0 Å². The van der Waals surface area contributed by atoms with E-state index >= 15 is 0 Å². The Morgan fingerprint density at radius 2 is 2.00 bits per heavy atom. The summed E-state index contributed by atoms with van der Waals surface area (Å²) < 4.78 is 5.06. The number of ether oxygens (including phenoxy) is 1. The maximum atomic E-state index is 11.9. The summed E-state index contributed by atoms with van der Waals surface area (Å²) in [6, 6.07) is -1.03. The topological polar surface area (TPSA) is 75.6 Å². The van der Waals surface area contributed by atoms with Gasteiger partial charge in [0, 0.05) is 5.92 Å². The Labute approximate surface area is 108 Å². The number of hydrogen-bond acceptors (Lipinski definition) is 3. The van der Waals surface area contributed by atoms with Crippen molar-refractivity contribution in [1.82, 2.24) is 5.32 Å². The fourth-order valence-corrected chi connectivity index (χ4v) is 1.13. The molecule has 2 atom stereocenters. The maximum absolute atomic E-state index is 11.9. The first-order valence-corrected chi connectivity index (χ1v) is 5.92. The van der Waals surface area contributed by atoms with Crippen molar-refractivity contribution >= 4 is 11.9 Å². The normalized spacial score (nSPS) is 14.7. The molecule has 0 aliphatic carbocycles. The molecule has 0 saturated heterocycles. The molecule has 0 aliphatic heterocycles. The molecule has 18 heavy (non-hydrogen) atoms. The Morgan fingerprint density at radius 1 is 1.44 bits per heavy atom. The second kappa shape index (κ2) is 7.16. The number of aliphatic carboxylic acids is 1. The number of carboxylic acid groups (broad SMARTS) is 1. The second-order valence-electron chi connectivity index (χ2n) is 5.31. The highest BCUT2D eigenvalue weighted by Crippen LogP contribution is 2.25. The van der Waals surface area contributed by atoms with Gasteiger partial charge in [-0.2, -0.15) is 0 Å². The first-order chi connectivity index (χ1) is 8.20. The zero-order chi connectivity index (χ0) is 14.3. The quantitative estimate of drug-likeness (QED) is 0.534. The van der Waals surface area contributed by atoms with Gasteiger partial charge in [0.1, 0.15) is 0 Å². The van der Waals surface area contributed by atoms with Crippen molar-refractivity contribution in [2.75, 3.05) is 13.2 Å². The van der Waals surface area contributed by atoms with Crippen LogP contribution in [0.25, 0.3) is 0 Å². The number of nitrogens with one attached hydrogen (secondary N) is 1. The van der Waals surface area contributed by atoms with Crippen LogP contribution in [0.3, 0.4) is 0 Å². The monoisotopic (exact) mass is 257 g/mol. The molecule has 0 bridgehead atoms. The number of carbonyl (C=O) groups is 2. The van der Waals surface area contributed by atoms with Crippen molar-refractivity contribution in [2.45, 2.75) is 33.7 Å². The number of rotatable bonds is 7. The lowest BCUT2D eigenvalue weighted by atomic mass is 9.81. The van der Waals surface area contributed by atoms with Gasteiger partial charge in [0.05, 0.1) is 13.2 Å². The molecule has 0 spiro atoms. The van der Waals surface area contributed by atoms with Crippen molar-refractivity contribution in [2.24, 2.45) is 11.3 Å². The molecular weight excluding hydrogens is 234 g/mol. The standard InChI is InChI=1S/C13H23NO4/c1-6-7-18-8-10(12(16)17)14-11(15)9(2)13(3,4)5/h6,9-10H,1,7-8H2,2-5H3,(H,14,15)(H,16,17). The Balaban J connectivity index is 4.45. The molecule has 0 heterocycles. The maximum Gasteiger partial charge on any atom is 0.328 e. The SMILES string of the molecule is C=CCOCC(NC(=O)C(C)C(C)(C)C)C(=O)O. The summed E-state index contributed by atoms with van der Waals surface area (Å²) in [5.74, 6) is -1.66. The third kappa shape index (κ3) is 5.82. The number of hydrogen-bond donors (Lipinski definition) is 2. The molecule has 1 amide bonds. The van der Waals surface area contributed by atoms with Crippen LogP contribution in [0.4, 0.5) is 0 Å². The average Bonchev–Trinajstić information content (AvgIpc) is 2.25. The van der Waals surface area contributed by atoms with Crippen LogP contribution in [0.15, 0.2) is 12.7 Å². The van der Waals surface area contributed by atoms with Gasteiger partial charge in [-0.25, -0.2) is 4.79 Å². The minimum absolute atomic E-state index is 0.0655. The summed E-state index contributed by atoms with van der Waals surface area (Å²) in [7, 11) is 0. The van der Waals surface area contributed by atoms with Gasteiger partial charge < -0.3 is 15.2 Å². The van der Waals surface area contributed by atoms with E-state index < -0.39 is 12.0 Å². The van der Waals surface area contributed by atoms with Gasteiger partial charge in [-0.15, -0.1) is 6.58 Å². The fraction of sp³-hybridized carbons (Fsp3) is 0.692. The lowest BCUT2D eigenvalue weighted by Crippen LogP contribution is -2.48. The summed E-state index contributed by atoms with van der Waals surface area (Å²) in [6.45, 7) is 11.2. The minimum atomic E-state index is -1.10. The molecule has 0 radical (unpaired) electrons. The Morgan fingerprint density at radius 3 is 2.39 bits per heavy atom. The van der Waals surface area contributed by atoms with Crippen LogP contribution in [-0.4, -0.2) is 36.2 Å². The highest BCUT2D eigenvalue weighted by Gasteiger charge is 2.30. The second-order valence-corrected chi connectivity index (χ2v) is 5.31. The molecule has 104 valence electrons. The molecule has 5 heteroatoms. The Kier molecular flexibility index (Phi) is 6.62. The number of carboxylic acids is 1. The van der Waals surface area contributed by atoms with Gasteiger partial charge in [0.25, 0.3) is 0 Å². The van der Waals surface area contributed by atoms with E-state index in [1.54, 1.807) is 6.92 Å². The smallest absolute Gasteiger partial charge is 0.328 e. The average molecular weight is 257 g/mol. The molecule has 2 unspecified atom stereocenters. The molecule has 0 aromatic rings. The van der Waals surface area contributed by atoms with Gasteiger partial charge in [0.2, 0.25) is 5.91 Å². The molecular formula is C13H23NO4. The first-order valence-electron chi connectivity index (χ1n) is 5.92. The summed E-state index contributed by atoms with van der Waals surface area (Å²) in [5.41, 5.74) is -0.213. The van der Waals surface area contributed by atoms with E-state index in [1.165, 1.54) is 6.08 Å². The van der Waals surface area contributed by atoms with E-state index in [-0.39, 0.29) is 30.5 Å². The van der Waals surface area contributed by atoms with E-state index in [4.69, 9.17) is 9.84 Å². The van der Waals surface area contributed by atoms with E-state index in [9.17, 15) is 9.59 Å². The Bertz CT molecular complexity index is 307. The van der Waals surface area contributed by atoms with Crippen molar-refractivity contribution in [3.63, 3.8) is 0 Å². The lowest BCUT2D eigenvalue weighted by molar-refractivity contribution is -0.144. The largest absolute Gasteiger partial charge is 0.480 e. The summed E-state index contributed by atoms with van der Waals surface area (Å²) in [4.78, 5) is 22.9. The molecule has 0 rings (SSSR count). The molecule has 0 aliphatic rings. The van der Waals surface area contributed by atoms with Crippen molar-refractivity contribution in [1.29, 1.82) is 0 Å². The lowest BCUT2D eigenvalue weighted by Gasteiger charge is -2.27. The van der Waals surface area contributed by atoms with Gasteiger partial charge in [-0.05, 0) is 5.41 Å². The molecule has 0 aromatic carbocycles. The van der Waals surface area contributed by atoms with Crippen molar-refractivity contribution < 1.29 is 19.4 Å². The predicted molar refractivity (Wildman–Crippen MR) is 69.2 cm³/mol. The van der Waals surface area contributed by atoms with Crippen LogP contribution in [-0.2, 0) is 14.3 Å². The third-order valence-corrected chi connectivity index (χ3v) is 2.83. The van der Waals surface area contributed by atoms with Crippen LogP contribution in [0.2, 0.25) is 0 Å². The van der Waals surface area contributed by atoms with E-state index in [1.807, 2.05) is 20.8 Å². The highest BCUT2D eigenvalue weighted by molar-refractivity contribution is 5.85. The van der Waals surface area contributed by atoms with Gasteiger partial charge in [-0.1, -0.05) is 33.8 Å². The third-order valence-electron chi connectivity index (χ3n) is 2.83. The van der Waals surface area contributed by atoms with Crippen LogP contribution >= 0.6 is 0 Å². The van der Waals surface area contributed by atoms with Crippen LogP contribution in [0, 0.1) is 11.3 Å². The van der Waals surface area contributed by atoms with Crippen molar-refractivity contribution in [3.8, 4) is 0 Å². The molecule has 0 saturated carbocycles. The van der Waals surface area contributed by atoms with Crippen LogP contribution in [0.5, 0.6) is 0 Å². The molecule has 5 nitrogen and oxygen atoms in total.